The zero-order chi connectivity index (χ0) is 16.4. The molecule has 7 nitrogen and oxygen atoms in total. The molecule has 1 saturated heterocycles. The molecule has 3 rings (SSSR count). The van der Waals surface area contributed by atoms with Crippen LogP contribution in [0.2, 0.25) is 0 Å². The van der Waals surface area contributed by atoms with E-state index in [0.29, 0.717) is 24.0 Å². The van der Waals surface area contributed by atoms with Gasteiger partial charge in [-0.3, -0.25) is 4.79 Å². The van der Waals surface area contributed by atoms with Gasteiger partial charge in [0.15, 0.2) is 6.04 Å². The number of carbonyl (C=O) groups is 2. The summed E-state index contributed by atoms with van der Waals surface area (Å²) in [4.78, 5) is 29.4. The molecule has 3 heterocycles. The van der Waals surface area contributed by atoms with Gasteiger partial charge in [-0.15, -0.1) is 0 Å². The van der Waals surface area contributed by atoms with Crippen molar-refractivity contribution < 1.29 is 23.8 Å². The minimum Gasteiger partial charge on any atom is -0.480 e. The number of aryl methyl sites for hydroxylation is 1. The summed E-state index contributed by atoms with van der Waals surface area (Å²) in [6.07, 6.45) is 0.0171. The second-order valence-electron chi connectivity index (χ2n) is 5.23. The highest BCUT2D eigenvalue weighted by Gasteiger charge is 2.33. The van der Waals surface area contributed by atoms with E-state index in [4.69, 9.17) is 9.15 Å². The summed E-state index contributed by atoms with van der Waals surface area (Å²) in [6, 6.07) is 0.948. The number of hydrogen-bond acceptors (Lipinski definition) is 6. The molecule has 2 aromatic heterocycles. The highest BCUT2D eigenvalue weighted by Crippen LogP contribution is 2.24. The number of aromatic nitrogens is 1. The summed E-state index contributed by atoms with van der Waals surface area (Å²) in [5, 5.41) is 13.0. The number of amides is 1. The second-order valence-corrected chi connectivity index (χ2v) is 6.01. The van der Waals surface area contributed by atoms with Gasteiger partial charge < -0.3 is 19.2 Å². The quantitative estimate of drug-likeness (QED) is 0.911. The van der Waals surface area contributed by atoms with Crippen molar-refractivity contribution in [1.29, 1.82) is 0 Å². The maximum atomic E-state index is 12.5. The first-order valence-corrected chi connectivity index (χ1v) is 8.09. The minimum atomic E-state index is -1.06. The lowest BCUT2D eigenvalue weighted by Gasteiger charge is -2.32. The lowest BCUT2D eigenvalue weighted by molar-refractivity contribution is -0.158. The molecule has 2 aromatic rings. The molecular formula is C15H16N2O5S. The fraction of sp³-hybridized carbons (Fsp3) is 0.400. The molecule has 0 aromatic carbocycles. The molecule has 1 N–H and O–H groups in total. The molecule has 1 atom stereocenters. The first-order chi connectivity index (χ1) is 11.1. The van der Waals surface area contributed by atoms with Crippen LogP contribution in [0.25, 0.3) is 11.5 Å². The zero-order valence-electron chi connectivity index (χ0n) is 12.5. The van der Waals surface area contributed by atoms with Crippen molar-refractivity contribution in [1.82, 2.24) is 9.88 Å². The predicted molar refractivity (Wildman–Crippen MR) is 82.2 cm³/mol. The van der Waals surface area contributed by atoms with Crippen LogP contribution in [0.15, 0.2) is 21.2 Å². The van der Waals surface area contributed by atoms with Crippen LogP contribution in [-0.2, 0) is 20.7 Å². The maximum absolute atomic E-state index is 12.5. The van der Waals surface area contributed by atoms with Gasteiger partial charge in [-0.2, -0.15) is 11.3 Å². The third kappa shape index (κ3) is 3.27. The van der Waals surface area contributed by atoms with E-state index in [9.17, 15) is 14.7 Å². The standard InChI is InChI=1S/C15H16N2O5S/c1-9-11(16-14(22-9)10-2-5-23-8-10)6-13(18)17-3-4-21-7-12(17)15(19)20/h2,5,8,12H,3-4,6-7H2,1H3,(H,19,20). The van der Waals surface area contributed by atoms with E-state index in [0.717, 1.165) is 5.56 Å². The van der Waals surface area contributed by atoms with Crippen LogP contribution in [-0.4, -0.2) is 52.7 Å². The molecule has 1 amide bonds. The summed E-state index contributed by atoms with van der Waals surface area (Å²) in [7, 11) is 0. The summed E-state index contributed by atoms with van der Waals surface area (Å²) >= 11 is 1.54. The van der Waals surface area contributed by atoms with Gasteiger partial charge in [0, 0.05) is 17.5 Å². The van der Waals surface area contributed by atoms with E-state index < -0.39 is 12.0 Å². The molecular weight excluding hydrogens is 320 g/mol. The molecule has 0 aliphatic carbocycles. The van der Waals surface area contributed by atoms with Crippen LogP contribution in [0, 0.1) is 6.92 Å². The van der Waals surface area contributed by atoms with Gasteiger partial charge in [-0.25, -0.2) is 9.78 Å². The number of carboxylic acid groups (broad SMARTS) is 1. The third-order valence-electron chi connectivity index (χ3n) is 3.71. The average molecular weight is 336 g/mol. The van der Waals surface area contributed by atoms with Crippen molar-refractivity contribution in [2.24, 2.45) is 0 Å². The van der Waals surface area contributed by atoms with E-state index in [-0.39, 0.29) is 25.5 Å². The van der Waals surface area contributed by atoms with E-state index >= 15 is 0 Å². The molecule has 23 heavy (non-hydrogen) atoms. The molecule has 8 heteroatoms. The molecule has 1 aliphatic rings. The van der Waals surface area contributed by atoms with Crippen molar-refractivity contribution in [3.05, 3.63) is 28.3 Å². The van der Waals surface area contributed by atoms with Crippen LogP contribution in [0.4, 0.5) is 0 Å². The summed E-state index contributed by atoms with van der Waals surface area (Å²) in [6.45, 7) is 2.37. The molecule has 0 bridgehead atoms. The molecule has 122 valence electrons. The number of morpholine rings is 1. The Morgan fingerprint density at radius 3 is 3.04 bits per heavy atom. The van der Waals surface area contributed by atoms with Gasteiger partial charge in [-0.05, 0) is 18.4 Å². The van der Waals surface area contributed by atoms with Crippen molar-refractivity contribution in [3.8, 4) is 11.5 Å². The number of thiophene rings is 1. The predicted octanol–water partition coefficient (Wildman–Crippen LogP) is 1.57. The molecule has 1 aliphatic heterocycles. The highest BCUT2D eigenvalue weighted by atomic mass is 32.1. The third-order valence-corrected chi connectivity index (χ3v) is 4.40. The van der Waals surface area contributed by atoms with Crippen LogP contribution in [0.3, 0.4) is 0 Å². The molecule has 1 unspecified atom stereocenters. The van der Waals surface area contributed by atoms with Gasteiger partial charge in [0.05, 0.1) is 25.3 Å². The lowest BCUT2D eigenvalue weighted by Crippen LogP contribution is -2.53. The lowest BCUT2D eigenvalue weighted by atomic mass is 10.2. The number of aliphatic carboxylic acids is 1. The van der Waals surface area contributed by atoms with Gasteiger partial charge in [0.25, 0.3) is 0 Å². The van der Waals surface area contributed by atoms with Crippen molar-refractivity contribution in [2.45, 2.75) is 19.4 Å². The van der Waals surface area contributed by atoms with Crippen LogP contribution in [0.5, 0.6) is 0 Å². The Hall–Kier alpha value is -2.19. The molecule has 0 saturated carbocycles. The van der Waals surface area contributed by atoms with Gasteiger partial charge in [0.2, 0.25) is 11.8 Å². The van der Waals surface area contributed by atoms with Crippen LogP contribution < -0.4 is 0 Å². The van der Waals surface area contributed by atoms with E-state index in [2.05, 4.69) is 4.98 Å². The summed E-state index contributed by atoms with van der Waals surface area (Å²) in [5.74, 6) is -0.300. The maximum Gasteiger partial charge on any atom is 0.328 e. The van der Waals surface area contributed by atoms with Crippen molar-refractivity contribution in [3.63, 3.8) is 0 Å². The largest absolute Gasteiger partial charge is 0.480 e. The first-order valence-electron chi connectivity index (χ1n) is 7.15. The number of rotatable bonds is 4. The summed E-state index contributed by atoms with van der Waals surface area (Å²) < 4.78 is 10.7. The molecule has 1 fully saturated rings. The topological polar surface area (TPSA) is 92.9 Å². The van der Waals surface area contributed by atoms with E-state index in [1.54, 1.807) is 6.92 Å². The Balaban J connectivity index is 1.76. The number of ether oxygens (including phenoxy) is 1. The molecule has 0 spiro atoms. The van der Waals surface area contributed by atoms with Crippen LogP contribution >= 0.6 is 11.3 Å². The van der Waals surface area contributed by atoms with Gasteiger partial charge in [-0.1, -0.05) is 0 Å². The fourth-order valence-corrected chi connectivity index (χ4v) is 3.08. The summed E-state index contributed by atoms with van der Waals surface area (Å²) in [5.41, 5.74) is 1.40. The second kappa shape index (κ2) is 6.51. The minimum absolute atomic E-state index is 0.0129. The average Bonchev–Trinajstić information content (AvgIpc) is 3.17. The fourth-order valence-electron chi connectivity index (χ4n) is 2.45. The van der Waals surface area contributed by atoms with E-state index in [1.165, 1.54) is 16.2 Å². The normalized spacial score (nSPS) is 18.1. The number of carbonyl (C=O) groups excluding carboxylic acids is 1. The Kier molecular flexibility index (Phi) is 4.44. The van der Waals surface area contributed by atoms with E-state index in [1.807, 2.05) is 16.8 Å². The molecule has 0 radical (unpaired) electrons. The zero-order valence-corrected chi connectivity index (χ0v) is 13.3. The highest BCUT2D eigenvalue weighted by molar-refractivity contribution is 7.08. The van der Waals surface area contributed by atoms with Gasteiger partial charge >= 0.3 is 5.97 Å². The number of hydrogen-bond donors (Lipinski definition) is 1. The number of carboxylic acids is 1. The Morgan fingerprint density at radius 1 is 1.52 bits per heavy atom. The monoisotopic (exact) mass is 336 g/mol. The number of nitrogens with zero attached hydrogens (tertiary/aromatic N) is 2. The Morgan fingerprint density at radius 2 is 2.35 bits per heavy atom. The van der Waals surface area contributed by atoms with Gasteiger partial charge in [0.1, 0.15) is 5.76 Å². The first kappa shape index (κ1) is 15.7. The smallest absolute Gasteiger partial charge is 0.328 e. The van der Waals surface area contributed by atoms with Crippen molar-refractivity contribution in [2.75, 3.05) is 19.8 Å². The Bertz CT molecular complexity index is 710. The van der Waals surface area contributed by atoms with Crippen molar-refractivity contribution >= 4 is 23.2 Å². The number of oxazole rings is 1. The Labute approximate surface area is 136 Å². The van der Waals surface area contributed by atoms with Crippen LogP contribution in [0.1, 0.15) is 11.5 Å². The SMILES string of the molecule is Cc1oc(-c2ccsc2)nc1CC(=O)N1CCOCC1C(=O)O.